The second-order valence-electron chi connectivity index (χ2n) is 4.20. The monoisotopic (exact) mass is 289 g/mol. The van der Waals surface area contributed by atoms with Crippen LogP contribution < -0.4 is 5.73 Å². The average molecular weight is 290 g/mol. The molecular weight excluding hydrogens is 274 g/mol. The molecule has 1 saturated heterocycles. The topological polar surface area (TPSA) is 35.2 Å². The first-order valence-electron chi connectivity index (χ1n) is 5.27. The first-order chi connectivity index (χ1) is 7.16. The predicted molar refractivity (Wildman–Crippen MR) is 67.2 cm³/mol. The fraction of sp³-hybridized carbons (Fsp3) is 0.636. The van der Waals surface area contributed by atoms with E-state index in [-0.39, 0.29) is 12.1 Å². The Balaban J connectivity index is 1.94. The van der Waals surface area contributed by atoms with Gasteiger partial charge in [-0.3, -0.25) is 0 Å². The number of nitrogens with two attached hydrogens (primary N) is 1. The van der Waals surface area contributed by atoms with Crippen molar-refractivity contribution >= 4 is 27.3 Å². The standard InChI is InChI=1S/C11H16BrNOS/c1-7-2-3-14-11(7)10(13)5-9-4-8(12)6-15-9/h4,6-7,10-11H,2-3,5,13H2,1H3. The molecule has 1 aromatic rings. The molecule has 1 aromatic heterocycles. The molecule has 3 atom stereocenters. The molecule has 1 aliphatic rings. The summed E-state index contributed by atoms with van der Waals surface area (Å²) >= 11 is 5.21. The fourth-order valence-corrected chi connectivity index (χ4v) is 3.60. The zero-order chi connectivity index (χ0) is 10.8. The summed E-state index contributed by atoms with van der Waals surface area (Å²) in [5.41, 5.74) is 6.18. The molecule has 4 heteroatoms. The van der Waals surface area contributed by atoms with Crippen LogP contribution in [0.2, 0.25) is 0 Å². The van der Waals surface area contributed by atoms with Crippen molar-refractivity contribution in [2.45, 2.75) is 31.9 Å². The molecule has 3 unspecified atom stereocenters. The lowest BCUT2D eigenvalue weighted by Crippen LogP contribution is -2.39. The predicted octanol–water partition coefficient (Wildman–Crippen LogP) is 2.81. The van der Waals surface area contributed by atoms with E-state index in [9.17, 15) is 0 Å². The Labute approximate surface area is 103 Å². The van der Waals surface area contributed by atoms with Gasteiger partial charge in [-0.1, -0.05) is 6.92 Å². The minimum Gasteiger partial charge on any atom is -0.376 e. The third-order valence-electron chi connectivity index (χ3n) is 2.92. The van der Waals surface area contributed by atoms with Gasteiger partial charge in [0.05, 0.1) is 6.10 Å². The normalized spacial score (nSPS) is 28.2. The number of hydrogen-bond donors (Lipinski definition) is 1. The lowest BCUT2D eigenvalue weighted by Gasteiger charge is -2.21. The molecule has 0 spiro atoms. The first-order valence-corrected chi connectivity index (χ1v) is 6.94. The van der Waals surface area contributed by atoms with Gasteiger partial charge in [0.25, 0.3) is 0 Å². The maximum atomic E-state index is 6.18. The van der Waals surface area contributed by atoms with Crippen LogP contribution in [0, 0.1) is 5.92 Å². The smallest absolute Gasteiger partial charge is 0.0755 e. The second kappa shape index (κ2) is 4.95. The van der Waals surface area contributed by atoms with Crippen LogP contribution in [0.15, 0.2) is 15.9 Å². The highest BCUT2D eigenvalue weighted by Gasteiger charge is 2.29. The molecule has 1 fully saturated rings. The Bertz CT molecular complexity index is 328. The molecule has 2 nitrogen and oxygen atoms in total. The van der Waals surface area contributed by atoms with E-state index in [0.29, 0.717) is 5.92 Å². The summed E-state index contributed by atoms with van der Waals surface area (Å²) in [4.78, 5) is 1.33. The van der Waals surface area contributed by atoms with Crippen molar-refractivity contribution < 1.29 is 4.74 Å². The molecule has 0 bridgehead atoms. The van der Waals surface area contributed by atoms with Crippen LogP contribution in [0.4, 0.5) is 0 Å². The van der Waals surface area contributed by atoms with Gasteiger partial charge in [-0.15, -0.1) is 11.3 Å². The van der Waals surface area contributed by atoms with Crippen LogP contribution in [-0.2, 0) is 11.2 Å². The summed E-state index contributed by atoms with van der Waals surface area (Å²) in [7, 11) is 0. The van der Waals surface area contributed by atoms with Crippen LogP contribution >= 0.6 is 27.3 Å². The molecule has 2 N–H and O–H groups in total. The summed E-state index contributed by atoms with van der Waals surface area (Å²) in [5.74, 6) is 0.600. The Morgan fingerprint density at radius 3 is 3.07 bits per heavy atom. The highest BCUT2D eigenvalue weighted by molar-refractivity contribution is 9.10. The van der Waals surface area contributed by atoms with Gasteiger partial charge < -0.3 is 10.5 Å². The van der Waals surface area contributed by atoms with E-state index in [0.717, 1.165) is 23.9 Å². The molecule has 1 aliphatic heterocycles. The minimum absolute atomic E-state index is 0.132. The molecule has 0 radical (unpaired) electrons. The van der Waals surface area contributed by atoms with Crippen molar-refractivity contribution in [2.24, 2.45) is 11.7 Å². The highest BCUT2D eigenvalue weighted by atomic mass is 79.9. The average Bonchev–Trinajstić information content (AvgIpc) is 2.75. The van der Waals surface area contributed by atoms with Crippen molar-refractivity contribution in [3.05, 3.63) is 20.8 Å². The van der Waals surface area contributed by atoms with Gasteiger partial charge in [-0.25, -0.2) is 0 Å². The number of hydrogen-bond acceptors (Lipinski definition) is 3. The molecular formula is C11H16BrNOS. The molecule has 0 aromatic carbocycles. The third-order valence-corrected chi connectivity index (χ3v) is 4.64. The van der Waals surface area contributed by atoms with E-state index in [4.69, 9.17) is 10.5 Å². The van der Waals surface area contributed by atoms with E-state index < -0.39 is 0 Å². The van der Waals surface area contributed by atoms with Crippen molar-refractivity contribution in [1.82, 2.24) is 0 Å². The van der Waals surface area contributed by atoms with Crippen LogP contribution in [0.25, 0.3) is 0 Å². The van der Waals surface area contributed by atoms with Gasteiger partial charge in [0, 0.05) is 27.4 Å². The molecule has 0 aliphatic carbocycles. The van der Waals surface area contributed by atoms with Gasteiger partial charge in [0.1, 0.15) is 0 Å². The van der Waals surface area contributed by atoms with Crippen molar-refractivity contribution in [2.75, 3.05) is 6.61 Å². The number of rotatable bonds is 3. The number of halogens is 1. The Hall–Kier alpha value is 0.1000. The molecule has 0 amide bonds. The first kappa shape index (κ1) is 11.6. The molecule has 2 heterocycles. The second-order valence-corrected chi connectivity index (χ2v) is 6.11. The third kappa shape index (κ3) is 2.81. The Morgan fingerprint density at radius 1 is 1.73 bits per heavy atom. The molecule has 0 saturated carbocycles. The van der Waals surface area contributed by atoms with Gasteiger partial charge in [-0.05, 0) is 40.8 Å². The summed E-state index contributed by atoms with van der Waals surface area (Å²) in [6, 6.07) is 2.28. The van der Waals surface area contributed by atoms with Crippen LogP contribution in [0.5, 0.6) is 0 Å². The summed E-state index contributed by atoms with van der Waals surface area (Å²) < 4.78 is 6.82. The Kier molecular flexibility index (Phi) is 3.83. The summed E-state index contributed by atoms with van der Waals surface area (Å²) in [6.45, 7) is 3.09. The van der Waals surface area contributed by atoms with Gasteiger partial charge in [0.15, 0.2) is 0 Å². The molecule has 84 valence electrons. The van der Waals surface area contributed by atoms with E-state index in [1.807, 2.05) is 0 Å². The van der Waals surface area contributed by atoms with Crippen LogP contribution in [0.3, 0.4) is 0 Å². The fourth-order valence-electron chi connectivity index (χ4n) is 2.07. The van der Waals surface area contributed by atoms with E-state index in [2.05, 4.69) is 34.3 Å². The lowest BCUT2D eigenvalue weighted by molar-refractivity contribution is 0.0728. The number of ether oxygens (including phenoxy) is 1. The minimum atomic E-state index is 0.132. The SMILES string of the molecule is CC1CCOC1C(N)Cc1cc(Br)cs1. The van der Waals surface area contributed by atoms with Crippen molar-refractivity contribution in [1.29, 1.82) is 0 Å². The number of thiophene rings is 1. The largest absolute Gasteiger partial charge is 0.376 e. The Morgan fingerprint density at radius 2 is 2.53 bits per heavy atom. The lowest BCUT2D eigenvalue weighted by atomic mass is 9.96. The van der Waals surface area contributed by atoms with E-state index in [1.165, 1.54) is 4.88 Å². The highest BCUT2D eigenvalue weighted by Crippen LogP contribution is 2.26. The van der Waals surface area contributed by atoms with Crippen LogP contribution in [-0.4, -0.2) is 18.8 Å². The maximum absolute atomic E-state index is 6.18. The maximum Gasteiger partial charge on any atom is 0.0755 e. The van der Waals surface area contributed by atoms with Crippen molar-refractivity contribution in [3.63, 3.8) is 0 Å². The summed E-state index contributed by atoms with van der Waals surface area (Å²) in [6.07, 6.45) is 2.31. The van der Waals surface area contributed by atoms with Crippen molar-refractivity contribution in [3.8, 4) is 0 Å². The van der Waals surface area contributed by atoms with E-state index >= 15 is 0 Å². The van der Waals surface area contributed by atoms with Gasteiger partial charge in [-0.2, -0.15) is 0 Å². The van der Waals surface area contributed by atoms with Crippen LogP contribution in [0.1, 0.15) is 18.2 Å². The molecule has 2 rings (SSSR count). The zero-order valence-corrected chi connectivity index (χ0v) is 11.2. The zero-order valence-electron chi connectivity index (χ0n) is 8.78. The summed E-state index contributed by atoms with van der Waals surface area (Å²) in [5, 5.41) is 2.10. The van der Waals surface area contributed by atoms with Gasteiger partial charge in [0.2, 0.25) is 0 Å². The van der Waals surface area contributed by atoms with Gasteiger partial charge >= 0.3 is 0 Å². The quantitative estimate of drug-likeness (QED) is 0.929. The molecule has 15 heavy (non-hydrogen) atoms. The van der Waals surface area contributed by atoms with E-state index in [1.54, 1.807) is 11.3 Å².